The summed E-state index contributed by atoms with van der Waals surface area (Å²) in [4.78, 5) is 3.90. The summed E-state index contributed by atoms with van der Waals surface area (Å²) in [6, 6.07) is 11.4. The molecule has 3 rings (SSSR count). The molecule has 1 aliphatic heterocycles. The highest BCUT2D eigenvalue weighted by atomic mass is 79.9. The van der Waals surface area contributed by atoms with Crippen LogP contribution in [-0.2, 0) is 13.0 Å². The Morgan fingerprint density at radius 3 is 3.00 bits per heavy atom. The lowest BCUT2D eigenvalue weighted by atomic mass is 10.2. The van der Waals surface area contributed by atoms with Gasteiger partial charge in [0, 0.05) is 40.7 Å². The third-order valence-electron chi connectivity index (χ3n) is 3.74. The molecule has 1 N–H and O–H groups in total. The van der Waals surface area contributed by atoms with Gasteiger partial charge in [0.15, 0.2) is 0 Å². The van der Waals surface area contributed by atoms with Gasteiger partial charge in [-0.3, -0.25) is 0 Å². The van der Waals surface area contributed by atoms with E-state index in [9.17, 15) is 0 Å². The molecule has 5 heteroatoms. The van der Waals surface area contributed by atoms with E-state index in [4.69, 9.17) is 0 Å². The fourth-order valence-electron chi connectivity index (χ4n) is 2.69. The standard InChI is InChI=1S/C16H19BrN2S.ClH/c1-12(18-10-15-3-2-8-20-15)11-19-7-6-13-4-5-14(17)9-16(13)19;/h2-5,8-9,12,18H,6-7,10-11H2,1H3;1H/t12-;/m0./s1. The van der Waals surface area contributed by atoms with Gasteiger partial charge in [-0.2, -0.15) is 0 Å². The van der Waals surface area contributed by atoms with E-state index in [0.29, 0.717) is 6.04 Å². The Balaban J connectivity index is 0.00000161. The summed E-state index contributed by atoms with van der Waals surface area (Å²) >= 11 is 5.39. The summed E-state index contributed by atoms with van der Waals surface area (Å²) in [6.07, 6.45) is 1.17. The van der Waals surface area contributed by atoms with Gasteiger partial charge in [-0.1, -0.05) is 28.1 Å². The first-order chi connectivity index (χ1) is 9.72. The van der Waals surface area contributed by atoms with Crippen LogP contribution >= 0.6 is 39.7 Å². The maximum atomic E-state index is 3.61. The highest BCUT2D eigenvalue weighted by Gasteiger charge is 2.20. The summed E-state index contributed by atoms with van der Waals surface area (Å²) in [7, 11) is 0. The summed E-state index contributed by atoms with van der Waals surface area (Å²) in [6.45, 7) is 5.44. The molecule has 2 heterocycles. The Hall–Kier alpha value is -0.550. The SMILES string of the molecule is C[C@@H](CN1CCc2ccc(Br)cc21)NCc1cccs1.Cl. The van der Waals surface area contributed by atoms with E-state index in [1.54, 1.807) is 0 Å². The zero-order valence-corrected chi connectivity index (χ0v) is 15.2. The maximum Gasteiger partial charge on any atom is 0.0411 e. The molecule has 2 nitrogen and oxygen atoms in total. The molecule has 114 valence electrons. The first kappa shape index (κ1) is 16.8. The molecular formula is C16H20BrClN2S. The lowest BCUT2D eigenvalue weighted by molar-refractivity contribution is 0.542. The summed E-state index contributed by atoms with van der Waals surface area (Å²) in [5.41, 5.74) is 2.86. The second-order valence-corrected chi connectivity index (χ2v) is 7.28. The molecule has 0 radical (unpaired) electrons. The molecular weight excluding hydrogens is 368 g/mol. The molecule has 2 aromatic rings. The number of fused-ring (bicyclic) bond motifs is 1. The zero-order valence-electron chi connectivity index (χ0n) is 12.0. The third kappa shape index (κ3) is 4.22. The van der Waals surface area contributed by atoms with Crippen LogP contribution in [0.25, 0.3) is 0 Å². The Kier molecular flexibility index (Phi) is 6.11. The van der Waals surface area contributed by atoms with E-state index in [0.717, 1.165) is 19.6 Å². The average Bonchev–Trinajstić information content (AvgIpc) is 3.07. The third-order valence-corrected chi connectivity index (χ3v) is 5.11. The van der Waals surface area contributed by atoms with Crippen molar-refractivity contribution in [3.05, 3.63) is 50.6 Å². The van der Waals surface area contributed by atoms with Gasteiger partial charge in [0.05, 0.1) is 0 Å². The maximum absolute atomic E-state index is 3.61. The fourth-order valence-corrected chi connectivity index (χ4v) is 3.70. The lowest BCUT2D eigenvalue weighted by Crippen LogP contribution is -2.38. The average molecular weight is 388 g/mol. The first-order valence-corrected chi connectivity index (χ1v) is 8.69. The van der Waals surface area contributed by atoms with Crippen molar-refractivity contribution in [3.8, 4) is 0 Å². The van der Waals surface area contributed by atoms with E-state index >= 15 is 0 Å². The number of benzene rings is 1. The second kappa shape index (κ2) is 7.63. The van der Waals surface area contributed by atoms with Crippen LogP contribution in [0.5, 0.6) is 0 Å². The minimum absolute atomic E-state index is 0. The van der Waals surface area contributed by atoms with Crippen LogP contribution in [0.1, 0.15) is 17.4 Å². The van der Waals surface area contributed by atoms with Crippen molar-refractivity contribution in [3.63, 3.8) is 0 Å². The predicted molar refractivity (Wildman–Crippen MR) is 97.9 cm³/mol. The van der Waals surface area contributed by atoms with Crippen molar-refractivity contribution in [2.45, 2.75) is 25.9 Å². The van der Waals surface area contributed by atoms with Gasteiger partial charge in [-0.05, 0) is 42.5 Å². The van der Waals surface area contributed by atoms with Crippen molar-refractivity contribution >= 4 is 45.4 Å². The van der Waals surface area contributed by atoms with Crippen molar-refractivity contribution in [2.75, 3.05) is 18.0 Å². The molecule has 0 bridgehead atoms. The van der Waals surface area contributed by atoms with Gasteiger partial charge < -0.3 is 10.2 Å². The lowest BCUT2D eigenvalue weighted by Gasteiger charge is -2.24. The first-order valence-electron chi connectivity index (χ1n) is 7.01. The molecule has 0 fully saturated rings. The minimum Gasteiger partial charge on any atom is -0.369 e. The topological polar surface area (TPSA) is 15.3 Å². The number of nitrogens with zero attached hydrogens (tertiary/aromatic N) is 1. The molecule has 0 unspecified atom stereocenters. The number of halogens is 2. The smallest absolute Gasteiger partial charge is 0.0411 e. The summed E-state index contributed by atoms with van der Waals surface area (Å²) < 4.78 is 1.17. The van der Waals surface area contributed by atoms with Crippen LogP contribution in [-0.4, -0.2) is 19.1 Å². The predicted octanol–water partition coefficient (Wildman–Crippen LogP) is 4.47. The number of thiophene rings is 1. The summed E-state index contributed by atoms with van der Waals surface area (Å²) in [5, 5.41) is 5.75. The van der Waals surface area contributed by atoms with Crippen LogP contribution in [0, 0.1) is 0 Å². The van der Waals surface area contributed by atoms with Gasteiger partial charge in [-0.15, -0.1) is 23.7 Å². The van der Waals surface area contributed by atoms with E-state index < -0.39 is 0 Å². The van der Waals surface area contributed by atoms with Crippen LogP contribution in [0.2, 0.25) is 0 Å². The number of rotatable bonds is 5. The molecule has 1 atom stereocenters. The number of hydrogen-bond acceptors (Lipinski definition) is 3. The van der Waals surface area contributed by atoms with Gasteiger partial charge in [-0.25, -0.2) is 0 Å². The molecule has 1 aromatic carbocycles. The molecule has 21 heavy (non-hydrogen) atoms. The Morgan fingerprint density at radius 2 is 2.24 bits per heavy atom. The van der Waals surface area contributed by atoms with Crippen molar-refractivity contribution in [1.29, 1.82) is 0 Å². The van der Waals surface area contributed by atoms with Crippen molar-refractivity contribution in [1.82, 2.24) is 5.32 Å². The van der Waals surface area contributed by atoms with Gasteiger partial charge in [0.1, 0.15) is 0 Å². The Bertz CT molecular complexity index is 574. The normalized spacial score (nSPS) is 14.7. The second-order valence-electron chi connectivity index (χ2n) is 5.33. The molecule has 0 saturated heterocycles. The number of anilines is 1. The Morgan fingerprint density at radius 1 is 1.38 bits per heavy atom. The quantitative estimate of drug-likeness (QED) is 0.814. The van der Waals surface area contributed by atoms with Crippen molar-refractivity contribution < 1.29 is 0 Å². The zero-order chi connectivity index (χ0) is 13.9. The van der Waals surface area contributed by atoms with Gasteiger partial charge in [0.2, 0.25) is 0 Å². The van der Waals surface area contributed by atoms with Crippen molar-refractivity contribution in [2.24, 2.45) is 0 Å². The molecule has 0 amide bonds. The largest absolute Gasteiger partial charge is 0.369 e. The number of nitrogens with one attached hydrogen (secondary N) is 1. The van der Waals surface area contributed by atoms with Crippen LogP contribution in [0.3, 0.4) is 0 Å². The fraction of sp³-hybridized carbons (Fsp3) is 0.375. The van der Waals surface area contributed by atoms with Crippen LogP contribution in [0.15, 0.2) is 40.2 Å². The monoisotopic (exact) mass is 386 g/mol. The van der Waals surface area contributed by atoms with Crippen LogP contribution < -0.4 is 10.2 Å². The molecule has 0 saturated carbocycles. The van der Waals surface area contributed by atoms with E-state index in [2.05, 4.69) is 68.8 Å². The van der Waals surface area contributed by atoms with Gasteiger partial charge in [0.25, 0.3) is 0 Å². The van der Waals surface area contributed by atoms with E-state index in [1.165, 1.54) is 27.0 Å². The Labute approximate surface area is 145 Å². The van der Waals surface area contributed by atoms with E-state index in [-0.39, 0.29) is 12.4 Å². The minimum atomic E-state index is 0. The van der Waals surface area contributed by atoms with Crippen LogP contribution in [0.4, 0.5) is 5.69 Å². The highest BCUT2D eigenvalue weighted by Crippen LogP contribution is 2.30. The molecule has 0 aliphatic carbocycles. The summed E-state index contributed by atoms with van der Waals surface area (Å²) in [5.74, 6) is 0. The number of hydrogen-bond donors (Lipinski definition) is 1. The molecule has 1 aromatic heterocycles. The highest BCUT2D eigenvalue weighted by molar-refractivity contribution is 9.10. The molecule has 1 aliphatic rings. The van der Waals surface area contributed by atoms with E-state index in [1.807, 2.05) is 11.3 Å². The van der Waals surface area contributed by atoms with Gasteiger partial charge >= 0.3 is 0 Å². The molecule has 0 spiro atoms.